The highest BCUT2D eigenvalue weighted by Crippen LogP contribution is 2.37. The lowest BCUT2D eigenvalue weighted by Gasteiger charge is -2.36. The molecule has 1 N–H and O–H groups in total. The molecule has 2 aliphatic rings. The van der Waals surface area contributed by atoms with Crippen LogP contribution in [0.25, 0.3) is 0 Å². The lowest BCUT2D eigenvalue weighted by atomic mass is 10.2. The van der Waals surface area contributed by atoms with E-state index in [0.717, 1.165) is 0 Å². The number of fused-ring (bicyclic) bond motifs is 1. The van der Waals surface area contributed by atoms with E-state index in [1.165, 1.54) is 12.4 Å². The summed E-state index contributed by atoms with van der Waals surface area (Å²) in [5.74, 6) is 1.20. The minimum atomic E-state index is -0.487. The molecule has 2 aliphatic heterocycles. The van der Waals surface area contributed by atoms with E-state index in [0.29, 0.717) is 62.3 Å². The molecule has 1 aromatic heterocycles. The summed E-state index contributed by atoms with van der Waals surface area (Å²) in [7, 11) is 0. The molecule has 0 aliphatic carbocycles. The Morgan fingerprint density at radius 1 is 0.970 bits per heavy atom. The van der Waals surface area contributed by atoms with Crippen molar-refractivity contribution in [3.8, 4) is 11.5 Å². The van der Waals surface area contributed by atoms with E-state index in [1.54, 1.807) is 36.4 Å². The number of rotatable bonds is 5. The van der Waals surface area contributed by atoms with Crippen LogP contribution in [0.15, 0.2) is 48.8 Å². The number of halogens is 1. The Morgan fingerprint density at radius 3 is 2.45 bits per heavy atom. The van der Waals surface area contributed by atoms with E-state index in [-0.39, 0.29) is 23.1 Å². The summed E-state index contributed by atoms with van der Waals surface area (Å²) in [6.07, 6.45) is 1.30. The van der Waals surface area contributed by atoms with Gasteiger partial charge in [0.05, 0.1) is 10.6 Å². The summed E-state index contributed by atoms with van der Waals surface area (Å²) in [4.78, 5) is 23.6. The van der Waals surface area contributed by atoms with Gasteiger partial charge >= 0.3 is 5.69 Å². The molecule has 10 nitrogen and oxygen atoms in total. The van der Waals surface area contributed by atoms with Gasteiger partial charge in [-0.25, -0.2) is 14.4 Å². The summed E-state index contributed by atoms with van der Waals surface area (Å²) in [6.45, 7) is 2.84. The van der Waals surface area contributed by atoms with Gasteiger partial charge in [-0.1, -0.05) is 12.1 Å². The Hall–Kier alpha value is -4.15. The zero-order valence-electron chi connectivity index (χ0n) is 17.6. The molecule has 33 heavy (non-hydrogen) atoms. The normalized spacial score (nSPS) is 15.3. The summed E-state index contributed by atoms with van der Waals surface area (Å²) < 4.78 is 25.2. The maximum absolute atomic E-state index is 14.1. The average molecular weight is 452 g/mol. The van der Waals surface area contributed by atoms with E-state index in [1.807, 2.05) is 9.80 Å². The van der Waals surface area contributed by atoms with Crippen molar-refractivity contribution < 1.29 is 18.8 Å². The second kappa shape index (κ2) is 8.77. The van der Waals surface area contributed by atoms with Gasteiger partial charge in [0, 0.05) is 37.9 Å². The van der Waals surface area contributed by atoms with Crippen LogP contribution in [0, 0.1) is 15.9 Å². The van der Waals surface area contributed by atoms with E-state index in [4.69, 9.17) is 9.47 Å². The zero-order chi connectivity index (χ0) is 22.8. The molecule has 170 valence electrons. The maximum atomic E-state index is 14.1. The summed E-state index contributed by atoms with van der Waals surface area (Å²) in [6, 6.07) is 11.8. The Bertz CT molecular complexity index is 1190. The fourth-order valence-corrected chi connectivity index (χ4v) is 3.99. The lowest BCUT2D eigenvalue weighted by Crippen LogP contribution is -2.47. The zero-order valence-corrected chi connectivity index (χ0v) is 17.6. The largest absolute Gasteiger partial charge is 0.486 e. The molecule has 1 fully saturated rings. The Balaban J connectivity index is 1.38. The van der Waals surface area contributed by atoms with Crippen LogP contribution in [0.2, 0.25) is 0 Å². The average Bonchev–Trinajstić information content (AvgIpc) is 2.84. The van der Waals surface area contributed by atoms with E-state index < -0.39 is 4.92 Å². The molecular formula is C22H21FN6O4. The Morgan fingerprint density at radius 2 is 1.70 bits per heavy atom. The fraction of sp³-hybridized carbons (Fsp3) is 0.273. The van der Waals surface area contributed by atoms with Crippen molar-refractivity contribution in [2.45, 2.75) is 0 Å². The molecule has 0 radical (unpaired) electrons. The van der Waals surface area contributed by atoms with Gasteiger partial charge in [-0.05, 0) is 24.3 Å². The molecule has 0 bridgehead atoms. The van der Waals surface area contributed by atoms with Gasteiger partial charge in [-0.3, -0.25) is 10.1 Å². The fourth-order valence-electron chi connectivity index (χ4n) is 3.99. The third-order valence-electron chi connectivity index (χ3n) is 5.56. The van der Waals surface area contributed by atoms with Crippen LogP contribution in [0.4, 0.5) is 33.1 Å². The highest BCUT2D eigenvalue weighted by atomic mass is 19.1. The number of nitrogens with zero attached hydrogens (tertiary/aromatic N) is 5. The predicted octanol–water partition coefficient (Wildman–Crippen LogP) is 3.37. The maximum Gasteiger partial charge on any atom is 0.353 e. The minimum absolute atomic E-state index is 0.0817. The van der Waals surface area contributed by atoms with Crippen LogP contribution >= 0.6 is 0 Å². The van der Waals surface area contributed by atoms with Crippen LogP contribution in [0.1, 0.15) is 0 Å². The van der Waals surface area contributed by atoms with Crippen molar-refractivity contribution in [1.29, 1.82) is 0 Å². The van der Waals surface area contributed by atoms with E-state index in [9.17, 15) is 14.5 Å². The molecule has 0 spiro atoms. The van der Waals surface area contributed by atoms with Crippen molar-refractivity contribution >= 4 is 28.7 Å². The van der Waals surface area contributed by atoms with Crippen LogP contribution in [0.3, 0.4) is 0 Å². The first-order valence-electron chi connectivity index (χ1n) is 10.5. The number of aromatic nitrogens is 2. The summed E-state index contributed by atoms with van der Waals surface area (Å²) in [5, 5.41) is 15.0. The summed E-state index contributed by atoms with van der Waals surface area (Å²) in [5.41, 5.74) is 0.887. The quantitative estimate of drug-likeness (QED) is 0.461. The van der Waals surface area contributed by atoms with Gasteiger partial charge in [0.1, 0.15) is 25.4 Å². The Kier molecular flexibility index (Phi) is 5.51. The number of benzene rings is 2. The minimum Gasteiger partial charge on any atom is -0.486 e. The number of hydrogen-bond donors (Lipinski definition) is 1. The second-order valence-corrected chi connectivity index (χ2v) is 7.56. The number of nitrogens with one attached hydrogen (secondary N) is 1. The monoisotopic (exact) mass is 452 g/mol. The van der Waals surface area contributed by atoms with Gasteiger partial charge in [0.25, 0.3) is 0 Å². The van der Waals surface area contributed by atoms with E-state index >= 15 is 0 Å². The smallest absolute Gasteiger partial charge is 0.353 e. The first kappa shape index (κ1) is 20.7. The molecule has 3 aromatic rings. The highest BCUT2D eigenvalue weighted by Gasteiger charge is 2.30. The first-order chi connectivity index (χ1) is 16.1. The van der Waals surface area contributed by atoms with Crippen LogP contribution in [-0.4, -0.2) is 54.3 Å². The number of hydrogen-bond acceptors (Lipinski definition) is 9. The van der Waals surface area contributed by atoms with Crippen molar-refractivity contribution in [2.24, 2.45) is 0 Å². The van der Waals surface area contributed by atoms with Gasteiger partial charge in [0.2, 0.25) is 11.6 Å². The predicted molar refractivity (Wildman–Crippen MR) is 120 cm³/mol. The molecule has 5 rings (SSSR count). The number of piperazine rings is 1. The number of nitro groups is 1. The van der Waals surface area contributed by atoms with E-state index in [2.05, 4.69) is 15.3 Å². The number of anilines is 4. The molecule has 0 unspecified atom stereocenters. The first-order valence-corrected chi connectivity index (χ1v) is 10.5. The van der Waals surface area contributed by atoms with Gasteiger partial charge in [-0.15, -0.1) is 0 Å². The molecule has 11 heteroatoms. The second-order valence-electron chi connectivity index (χ2n) is 7.56. The van der Waals surface area contributed by atoms with Gasteiger partial charge < -0.3 is 24.6 Å². The standard InChI is InChI=1S/C22H21FN6O4/c23-16-3-1-2-4-17(16)27-7-9-28(10-8-27)22-20(29(30)31)21(24-14-25-22)26-15-5-6-18-19(13-15)33-12-11-32-18/h1-6,13-14H,7-12H2,(H,24,25,26). The molecule has 1 saturated heterocycles. The molecular weight excluding hydrogens is 431 g/mol. The molecule has 0 saturated carbocycles. The summed E-state index contributed by atoms with van der Waals surface area (Å²) >= 11 is 0. The molecule has 0 atom stereocenters. The third-order valence-corrected chi connectivity index (χ3v) is 5.56. The van der Waals surface area contributed by atoms with Crippen molar-refractivity contribution in [2.75, 3.05) is 54.5 Å². The Labute approximate surface area is 188 Å². The lowest BCUT2D eigenvalue weighted by molar-refractivity contribution is -0.383. The number of para-hydroxylation sites is 1. The topological polar surface area (TPSA) is 106 Å². The third kappa shape index (κ3) is 4.16. The molecule has 0 amide bonds. The molecule has 2 aromatic carbocycles. The molecule has 3 heterocycles. The van der Waals surface area contributed by atoms with Gasteiger partial charge in [0.15, 0.2) is 11.5 Å². The van der Waals surface area contributed by atoms with Crippen LogP contribution in [-0.2, 0) is 0 Å². The SMILES string of the molecule is O=[N+]([O-])c1c(Nc2ccc3c(c2)OCCO3)ncnc1N1CCN(c2ccccc2F)CC1. The highest BCUT2D eigenvalue weighted by molar-refractivity contribution is 5.75. The van der Waals surface area contributed by atoms with Crippen LogP contribution < -0.4 is 24.6 Å². The van der Waals surface area contributed by atoms with Crippen LogP contribution in [0.5, 0.6) is 11.5 Å². The van der Waals surface area contributed by atoms with Crippen molar-refractivity contribution in [3.05, 3.63) is 64.7 Å². The van der Waals surface area contributed by atoms with Gasteiger partial charge in [-0.2, -0.15) is 0 Å². The van der Waals surface area contributed by atoms with Crippen molar-refractivity contribution in [3.63, 3.8) is 0 Å². The van der Waals surface area contributed by atoms with Crippen molar-refractivity contribution in [1.82, 2.24) is 9.97 Å². The number of ether oxygens (including phenoxy) is 2.